The second-order valence-electron chi connectivity index (χ2n) is 3.65. The Bertz CT molecular complexity index is 431. The maximum absolute atomic E-state index is 11.7. The number of thioether (sulfide) groups is 1. The molecule has 0 fully saturated rings. The van der Waals surface area contributed by atoms with Crippen LogP contribution in [0.2, 0.25) is 0 Å². The third kappa shape index (κ3) is 1.85. The zero-order valence-corrected chi connectivity index (χ0v) is 9.92. The van der Waals surface area contributed by atoms with Crippen LogP contribution in [0.1, 0.15) is 16.8 Å². The summed E-state index contributed by atoms with van der Waals surface area (Å²) in [6.07, 6.45) is 2.94. The van der Waals surface area contributed by atoms with E-state index in [4.69, 9.17) is 0 Å². The smallest absolute Gasteiger partial charge is 0.299 e. The van der Waals surface area contributed by atoms with E-state index < -0.39 is 0 Å². The highest BCUT2D eigenvalue weighted by atomic mass is 32.2. The van der Waals surface area contributed by atoms with Crippen molar-refractivity contribution in [3.05, 3.63) is 29.8 Å². The molecule has 0 saturated carbocycles. The van der Waals surface area contributed by atoms with Gasteiger partial charge in [-0.25, -0.2) is 0 Å². The van der Waals surface area contributed by atoms with Gasteiger partial charge in [0.15, 0.2) is 0 Å². The minimum Gasteiger partial charge on any atom is -0.305 e. The Hall–Kier alpha value is -1.29. The lowest BCUT2D eigenvalue weighted by atomic mass is 10.1. The van der Waals surface area contributed by atoms with Gasteiger partial charge in [0, 0.05) is 6.54 Å². The summed E-state index contributed by atoms with van der Waals surface area (Å²) in [5, 5.41) is 0. The maximum Gasteiger partial charge on any atom is 0.299 e. The molecule has 0 atom stereocenters. The Morgan fingerprint density at radius 1 is 1.25 bits per heavy atom. The van der Waals surface area contributed by atoms with Crippen molar-refractivity contribution in [3.8, 4) is 0 Å². The van der Waals surface area contributed by atoms with Gasteiger partial charge >= 0.3 is 0 Å². The first-order valence-corrected chi connectivity index (χ1v) is 6.59. The van der Waals surface area contributed by atoms with Gasteiger partial charge in [-0.05, 0) is 30.6 Å². The average Bonchev–Trinajstić information content (AvgIpc) is 2.55. The van der Waals surface area contributed by atoms with E-state index in [9.17, 15) is 9.59 Å². The number of ketones is 1. The third-order valence-corrected chi connectivity index (χ3v) is 3.31. The lowest BCUT2D eigenvalue weighted by Gasteiger charge is -2.15. The molecule has 1 heterocycles. The van der Waals surface area contributed by atoms with Crippen molar-refractivity contribution in [2.24, 2.45) is 0 Å². The number of benzene rings is 1. The molecular weight excluding hydrogens is 222 g/mol. The number of Topliss-reactive ketones (excluding diaryl/α,β-unsaturated/α-hetero) is 1. The molecule has 1 aliphatic rings. The van der Waals surface area contributed by atoms with Gasteiger partial charge in [-0.1, -0.05) is 12.1 Å². The first-order chi connectivity index (χ1) is 7.75. The summed E-state index contributed by atoms with van der Waals surface area (Å²) in [4.78, 5) is 25.0. The highest BCUT2D eigenvalue weighted by molar-refractivity contribution is 7.98. The summed E-state index contributed by atoms with van der Waals surface area (Å²) in [5.41, 5.74) is 1.30. The van der Waals surface area contributed by atoms with Crippen LogP contribution in [0.15, 0.2) is 24.3 Å². The number of carbonyl (C=O) groups is 2. The largest absolute Gasteiger partial charge is 0.305 e. The van der Waals surface area contributed by atoms with Crippen molar-refractivity contribution in [2.45, 2.75) is 6.42 Å². The zero-order chi connectivity index (χ0) is 11.5. The predicted molar refractivity (Wildman–Crippen MR) is 66.1 cm³/mol. The maximum atomic E-state index is 11.7. The SMILES string of the molecule is CSCCCN1C(=O)C(=O)c2ccccc21. The van der Waals surface area contributed by atoms with Gasteiger partial charge in [0.25, 0.3) is 11.7 Å². The van der Waals surface area contributed by atoms with Crippen LogP contribution < -0.4 is 4.90 Å². The molecule has 1 aliphatic heterocycles. The number of carbonyl (C=O) groups excluding carboxylic acids is 2. The standard InChI is InChI=1S/C12H13NO2S/c1-16-8-4-7-13-10-6-3-2-5-9(10)11(14)12(13)15/h2-3,5-6H,4,7-8H2,1H3. The van der Waals surface area contributed by atoms with E-state index >= 15 is 0 Å². The van der Waals surface area contributed by atoms with Crippen molar-refractivity contribution in [3.63, 3.8) is 0 Å². The molecule has 1 aromatic carbocycles. The molecule has 0 aliphatic carbocycles. The Morgan fingerprint density at radius 2 is 2.00 bits per heavy atom. The first kappa shape index (κ1) is 11.2. The van der Waals surface area contributed by atoms with E-state index in [1.54, 1.807) is 28.8 Å². The van der Waals surface area contributed by atoms with Gasteiger partial charge in [0.05, 0.1) is 11.3 Å². The van der Waals surface area contributed by atoms with Crippen molar-refractivity contribution in [2.75, 3.05) is 23.5 Å². The number of hydrogen-bond donors (Lipinski definition) is 0. The molecule has 3 nitrogen and oxygen atoms in total. The second kappa shape index (κ2) is 4.70. The van der Waals surface area contributed by atoms with E-state index in [1.807, 2.05) is 18.4 Å². The van der Waals surface area contributed by atoms with Crippen LogP contribution in [-0.2, 0) is 4.79 Å². The summed E-state index contributed by atoms with van der Waals surface area (Å²) in [6.45, 7) is 0.627. The van der Waals surface area contributed by atoms with Gasteiger partial charge in [0.2, 0.25) is 0 Å². The monoisotopic (exact) mass is 235 g/mol. The zero-order valence-electron chi connectivity index (χ0n) is 9.10. The number of amides is 1. The van der Waals surface area contributed by atoms with Crippen LogP contribution >= 0.6 is 11.8 Å². The Balaban J connectivity index is 2.20. The minimum absolute atomic E-state index is 0.375. The fraction of sp³-hybridized carbons (Fsp3) is 0.333. The van der Waals surface area contributed by atoms with Crippen molar-refractivity contribution in [1.82, 2.24) is 0 Å². The average molecular weight is 235 g/mol. The Morgan fingerprint density at radius 3 is 2.75 bits per heavy atom. The molecule has 0 bridgehead atoms. The van der Waals surface area contributed by atoms with Crippen LogP contribution in [0.3, 0.4) is 0 Å². The number of fused-ring (bicyclic) bond motifs is 1. The van der Waals surface area contributed by atoms with Gasteiger partial charge < -0.3 is 4.90 Å². The van der Waals surface area contributed by atoms with E-state index in [2.05, 4.69) is 0 Å². The molecule has 2 rings (SSSR count). The molecule has 0 N–H and O–H groups in total. The van der Waals surface area contributed by atoms with Crippen molar-refractivity contribution >= 4 is 29.1 Å². The van der Waals surface area contributed by atoms with E-state index in [-0.39, 0.29) is 11.7 Å². The number of anilines is 1. The van der Waals surface area contributed by atoms with E-state index in [1.165, 1.54) is 0 Å². The first-order valence-electron chi connectivity index (χ1n) is 5.20. The normalized spacial score (nSPS) is 14.4. The molecule has 1 amide bonds. The summed E-state index contributed by atoms with van der Waals surface area (Å²) >= 11 is 1.75. The van der Waals surface area contributed by atoms with Crippen molar-refractivity contribution < 1.29 is 9.59 Å². The quantitative estimate of drug-likeness (QED) is 0.591. The number of hydrogen-bond acceptors (Lipinski definition) is 3. The van der Waals surface area contributed by atoms with Gasteiger partial charge in [-0.15, -0.1) is 0 Å². The van der Waals surface area contributed by atoms with Crippen LogP contribution in [0, 0.1) is 0 Å². The molecule has 16 heavy (non-hydrogen) atoms. The molecule has 0 aromatic heterocycles. The number of nitrogens with zero attached hydrogens (tertiary/aromatic N) is 1. The van der Waals surface area contributed by atoms with Gasteiger partial charge in [-0.3, -0.25) is 9.59 Å². The second-order valence-corrected chi connectivity index (χ2v) is 4.64. The molecule has 1 aromatic rings. The fourth-order valence-electron chi connectivity index (χ4n) is 1.84. The molecule has 0 unspecified atom stereocenters. The minimum atomic E-state index is -0.387. The summed E-state index contributed by atoms with van der Waals surface area (Å²) < 4.78 is 0. The van der Waals surface area contributed by atoms with Gasteiger partial charge in [0.1, 0.15) is 0 Å². The van der Waals surface area contributed by atoms with Gasteiger partial charge in [-0.2, -0.15) is 11.8 Å². The van der Waals surface area contributed by atoms with Crippen LogP contribution in [-0.4, -0.2) is 30.2 Å². The number of rotatable bonds is 4. The Kier molecular flexibility index (Phi) is 3.29. The molecule has 0 radical (unpaired) electrons. The lowest BCUT2D eigenvalue weighted by molar-refractivity contribution is -0.114. The third-order valence-electron chi connectivity index (χ3n) is 2.61. The summed E-state index contributed by atoms with van der Waals surface area (Å²) in [5.74, 6) is 0.238. The lowest BCUT2D eigenvalue weighted by Crippen LogP contribution is -2.30. The van der Waals surface area contributed by atoms with Crippen LogP contribution in [0.5, 0.6) is 0 Å². The van der Waals surface area contributed by atoms with Crippen LogP contribution in [0.25, 0.3) is 0 Å². The molecule has 4 heteroatoms. The highest BCUT2D eigenvalue weighted by Crippen LogP contribution is 2.28. The Labute approximate surface area is 98.8 Å². The van der Waals surface area contributed by atoms with Crippen LogP contribution in [0.4, 0.5) is 5.69 Å². The predicted octanol–water partition coefficient (Wildman–Crippen LogP) is 1.97. The topological polar surface area (TPSA) is 37.4 Å². The number of para-hydroxylation sites is 1. The molecular formula is C12H13NO2S. The molecule has 84 valence electrons. The molecule has 0 saturated heterocycles. The fourth-order valence-corrected chi connectivity index (χ4v) is 2.25. The highest BCUT2D eigenvalue weighted by Gasteiger charge is 2.34. The molecule has 0 spiro atoms. The van der Waals surface area contributed by atoms with E-state index in [0.717, 1.165) is 17.9 Å². The summed E-state index contributed by atoms with van der Waals surface area (Å²) in [7, 11) is 0. The van der Waals surface area contributed by atoms with Crippen molar-refractivity contribution in [1.29, 1.82) is 0 Å². The summed E-state index contributed by atoms with van der Waals surface area (Å²) in [6, 6.07) is 7.18. The van der Waals surface area contributed by atoms with E-state index in [0.29, 0.717) is 12.1 Å².